The first kappa shape index (κ1) is 18.0. The number of halogens is 1. The van der Waals surface area contributed by atoms with Gasteiger partial charge in [-0.05, 0) is 74.2 Å². The molecule has 25 heavy (non-hydrogen) atoms. The molecule has 3 fully saturated rings. The molecule has 4 aliphatic carbocycles. The predicted molar refractivity (Wildman–Crippen MR) is 105 cm³/mol. The van der Waals surface area contributed by atoms with Gasteiger partial charge < -0.3 is 4.74 Å². The topological polar surface area (TPSA) is 43.4 Å². The first-order chi connectivity index (χ1) is 11.8. The van der Waals surface area contributed by atoms with Gasteiger partial charge in [-0.1, -0.05) is 42.0 Å². The molecular weight excluding hydrogens is 427 g/mol. The summed E-state index contributed by atoms with van der Waals surface area (Å²) in [7, 11) is 0. The Labute approximate surface area is 164 Å². The highest BCUT2D eigenvalue weighted by atomic mass is 127. The molecule has 4 rings (SSSR count). The molecule has 0 spiro atoms. The summed E-state index contributed by atoms with van der Waals surface area (Å²) in [6, 6.07) is 0. The fourth-order valence-corrected chi connectivity index (χ4v) is 8.02. The highest BCUT2D eigenvalue weighted by Crippen LogP contribution is 2.65. The molecule has 0 amide bonds. The zero-order valence-corrected chi connectivity index (χ0v) is 17.7. The molecule has 0 unspecified atom stereocenters. The first-order valence-electron chi connectivity index (χ1n) is 9.82. The maximum absolute atomic E-state index is 12.2. The molecule has 138 valence electrons. The largest absolute Gasteiger partial charge is 0.462 e. The van der Waals surface area contributed by atoms with Crippen LogP contribution in [0.5, 0.6) is 0 Å². The second-order valence-corrected chi connectivity index (χ2v) is 10.8. The van der Waals surface area contributed by atoms with E-state index in [-0.39, 0.29) is 26.8 Å². The Kier molecular flexibility index (Phi) is 4.37. The van der Waals surface area contributed by atoms with E-state index in [4.69, 9.17) is 4.74 Å². The van der Waals surface area contributed by atoms with Crippen LogP contribution in [-0.2, 0) is 14.3 Å². The SMILES string of the molecule is CC(=O)O[C@H]1CC[C@H]2[C@@H]3CCC4=CC(=O)[C@H](I)C[C@]4(C)[C@H]3CC[C@]12C. The number of carbonyl (C=O) groups excluding carboxylic acids is 2. The van der Waals surface area contributed by atoms with Crippen LogP contribution in [0.3, 0.4) is 0 Å². The second kappa shape index (κ2) is 6.07. The Bertz CT molecular complexity index is 641. The van der Waals surface area contributed by atoms with Gasteiger partial charge in [-0.25, -0.2) is 0 Å². The van der Waals surface area contributed by atoms with E-state index in [0.29, 0.717) is 17.6 Å². The molecule has 7 atom stereocenters. The molecule has 0 heterocycles. The van der Waals surface area contributed by atoms with E-state index in [1.54, 1.807) is 6.92 Å². The van der Waals surface area contributed by atoms with Crippen molar-refractivity contribution in [2.24, 2.45) is 28.6 Å². The van der Waals surface area contributed by atoms with Crippen molar-refractivity contribution in [3.63, 3.8) is 0 Å². The fourth-order valence-electron chi connectivity index (χ4n) is 6.93. The van der Waals surface area contributed by atoms with Crippen molar-refractivity contribution in [2.45, 2.75) is 75.7 Å². The molecule has 0 aromatic carbocycles. The highest BCUT2D eigenvalue weighted by molar-refractivity contribution is 14.1. The monoisotopic (exact) mass is 456 g/mol. The number of carbonyl (C=O) groups is 2. The van der Waals surface area contributed by atoms with Gasteiger partial charge in [0.1, 0.15) is 6.10 Å². The minimum Gasteiger partial charge on any atom is -0.462 e. The van der Waals surface area contributed by atoms with Crippen molar-refractivity contribution >= 4 is 34.3 Å². The summed E-state index contributed by atoms with van der Waals surface area (Å²) in [4.78, 5) is 23.7. The quantitative estimate of drug-likeness (QED) is 0.322. The lowest BCUT2D eigenvalue weighted by Crippen LogP contribution is -2.52. The Morgan fingerprint density at radius 3 is 2.68 bits per heavy atom. The second-order valence-electron chi connectivity index (χ2n) is 9.30. The molecule has 0 N–H and O–H groups in total. The average Bonchev–Trinajstić information content (AvgIpc) is 2.85. The third kappa shape index (κ3) is 2.64. The predicted octanol–water partition coefficient (Wildman–Crippen LogP) is 4.86. The van der Waals surface area contributed by atoms with E-state index in [9.17, 15) is 9.59 Å². The van der Waals surface area contributed by atoms with Gasteiger partial charge in [-0.2, -0.15) is 0 Å². The molecule has 0 saturated heterocycles. The summed E-state index contributed by atoms with van der Waals surface area (Å²) >= 11 is 2.34. The molecule has 4 aliphatic rings. The van der Waals surface area contributed by atoms with Crippen molar-refractivity contribution in [1.82, 2.24) is 0 Å². The number of hydrogen-bond donors (Lipinski definition) is 0. The summed E-state index contributed by atoms with van der Waals surface area (Å²) < 4.78 is 5.87. The van der Waals surface area contributed by atoms with E-state index in [2.05, 4.69) is 36.4 Å². The van der Waals surface area contributed by atoms with Crippen LogP contribution in [0.2, 0.25) is 0 Å². The molecule has 0 aliphatic heterocycles. The Hall–Kier alpha value is -0.390. The van der Waals surface area contributed by atoms with Crippen LogP contribution in [0.25, 0.3) is 0 Å². The molecule has 3 nitrogen and oxygen atoms in total. The van der Waals surface area contributed by atoms with E-state index in [1.807, 2.05) is 6.08 Å². The molecule has 4 heteroatoms. The van der Waals surface area contributed by atoms with Gasteiger partial charge in [0.25, 0.3) is 0 Å². The van der Waals surface area contributed by atoms with E-state index in [1.165, 1.54) is 24.8 Å². The summed E-state index contributed by atoms with van der Waals surface area (Å²) in [5.74, 6) is 2.26. The van der Waals surface area contributed by atoms with Gasteiger partial charge in [-0.15, -0.1) is 0 Å². The number of ether oxygens (including phenoxy) is 1. The van der Waals surface area contributed by atoms with Crippen LogP contribution in [-0.4, -0.2) is 21.8 Å². The zero-order valence-electron chi connectivity index (χ0n) is 15.5. The van der Waals surface area contributed by atoms with Gasteiger partial charge in [0.2, 0.25) is 0 Å². The summed E-state index contributed by atoms with van der Waals surface area (Å²) in [5.41, 5.74) is 1.77. The first-order valence-corrected chi connectivity index (χ1v) is 11.1. The number of rotatable bonds is 1. The normalized spacial score (nSPS) is 48.9. The van der Waals surface area contributed by atoms with Crippen LogP contribution in [0.1, 0.15) is 65.7 Å². The number of esters is 1. The highest BCUT2D eigenvalue weighted by Gasteiger charge is 2.60. The van der Waals surface area contributed by atoms with Gasteiger partial charge in [0.05, 0.1) is 3.92 Å². The third-order valence-electron chi connectivity index (χ3n) is 8.19. The minimum atomic E-state index is -0.131. The van der Waals surface area contributed by atoms with Gasteiger partial charge in [0, 0.05) is 12.3 Å². The van der Waals surface area contributed by atoms with Crippen molar-refractivity contribution in [1.29, 1.82) is 0 Å². The fraction of sp³-hybridized carbons (Fsp3) is 0.810. The summed E-state index contributed by atoms with van der Waals surface area (Å²) in [5, 5.41) is 0. The lowest BCUT2D eigenvalue weighted by molar-refractivity contribution is -0.157. The van der Waals surface area contributed by atoms with Gasteiger partial charge in [-0.3, -0.25) is 9.59 Å². The molecule has 0 bridgehead atoms. The van der Waals surface area contributed by atoms with Crippen molar-refractivity contribution in [3.05, 3.63) is 11.6 Å². The van der Waals surface area contributed by atoms with Crippen LogP contribution in [0.15, 0.2) is 11.6 Å². The van der Waals surface area contributed by atoms with Gasteiger partial charge in [0.15, 0.2) is 5.78 Å². The smallest absolute Gasteiger partial charge is 0.302 e. The number of ketones is 1. The van der Waals surface area contributed by atoms with Crippen molar-refractivity contribution in [2.75, 3.05) is 0 Å². The van der Waals surface area contributed by atoms with Crippen LogP contribution in [0.4, 0.5) is 0 Å². The average molecular weight is 456 g/mol. The summed E-state index contributed by atoms with van der Waals surface area (Å²) in [6.07, 6.45) is 9.97. The number of alkyl halides is 1. The standard InChI is InChI=1S/C21H29IO3/c1-12(23)25-19-7-6-15-14-5-4-13-10-18(24)17(22)11-21(13,3)16(14)8-9-20(15,19)2/h10,14-17,19H,4-9,11H2,1-3H3/t14-,15-,16-,17+,19-,20-,21-/m0/s1. The van der Waals surface area contributed by atoms with E-state index >= 15 is 0 Å². The van der Waals surface area contributed by atoms with Crippen LogP contribution in [0, 0.1) is 28.6 Å². The van der Waals surface area contributed by atoms with Crippen molar-refractivity contribution < 1.29 is 14.3 Å². The van der Waals surface area contributed by atoms with E-state index < -0.39 is 0 Å². The van der Waals surface area contributed by atoms with Crippen molar-refractivity contribution in [3.8, 4) is 0 Å². The third-order valence-corrected chi connectivity index (χ3v) is 9.24. The lowest BCUT2D eigenvalue weighted by atomic mass is 9.47. The van der Waals surface area contributed by atoms with Crippen LogP contribution >= 0.6 is 22.6 Å². The molecule has 0 radical (unpaired) electrons. The Morgan fingerprint density at radius 2 is 1.96 bits per heavy atom. The maximum Gasteiger partial charge on any atom is 0.302 e. The summed E-state index contributed by atoms with van der Waals surface area (Å²) in [6.45, 7) is 6.34. The van der Waals surface area contributed by atoms with Crippen LogP contribution < -0.4 is 0 Å². The number of fused-ring (bicyclic) bond motifs is 5. The molecule has 0 aromatic heterocycles. The number of allylic oxidation sites excluding steroid dienone is 1. The molecule has 0 aromatic rings. The minimum absolute atomic E-state index is 0.103. The lowest BCUT2D eigenvalue weighted by Gasteiger charge is -2.58. The molecule has 3 saturated carbocycles. The van der Waals surface area contributed by atoms with E-state index in [0.717, 1.165) is 31.6 Å². The Morgan fingerprint density at radius 1 is 1.20 bits per heavy atom. The van der Waals surface area contributed by atoms with Gasteiger partial charge >= 0.3 is 5.97 Å². The molecular formula is C21H29IO3. The maximum atomic E-state index is 12.2. The Balaban J connectivity index is 1.63. The zero-order chi connectivity index (χ0) is 18.0. The number of hydrogen-bond acceptors (Lipinski definition) is 3.